The summed E-state index contributed by atoms with van der Waals surface area (Å²) >= 11 is 0. The number of rotatable bonds is 4. The van der Waals surface area contributed by atoms with Crippen LogP contribution in [-0.2, 0) is 6.42 Å². The molecule has 0 bridgehead atoms. The molecule has 0 radical (unpaired) electrons. The molecule has 1 aromatic carbocycles. The van der Waals surface area contributed by atoms with Gasteiger partial charge in [-0.2, -0.15) is 0 Å². The SMILES string of the molecule is CCc1ccc(NC2CCC(C)CC2C)cc1[N+](=O)[O-]. The zero-order chi connectivity index (χ0) is 14.7. The molecule has 1 aromatic rings. The van der Waals surface area contributed by atoms with E-state index in [2.05, 4.69) is 19.2 Å². The maximum Gasteiger partial charge on any atom is 0.274 e. The van der Waals surface area contributed by atoms with Gasteiger partial charge in [-0.15, -0.1) is 0 Å². The highest BCUT2D eigenvalue weighted by molar-refractivity contribution is 5.55. The fourth-order valence-corrected chi connectivity index (χ4v) is 3.22. The van der Waals surface area contributed by atoms with Crippen LogP contribution in [0.2, 0.25) is 0 Å². The van der Waals surface area contributed by atoms with Crippen molar-refractivity contribution in [1.29, 1.82) is 0 Å². The normalized spacial score (nSPS) is 26.2. The van der Waals surface area contributed by atoms with E-state index in [1.165, 1.54) is 12.8 Å². The van der Waals surface area contributed by atoms with Gasteiger partial charge in [-0.3, -0.25) is 10.1 Å². The Morgan fingerprint density at radius 2 is 2.10 bits per heavy atom. The van der Waals surface area contributed by atoms with Crippen LogP contribution in [0, 0.1) is 22.0 Å². The van der Waals surface area contributed by atoms with Gasteiger partial charge in [0.1, 0.15) is 0 Å². The molecule has 0 amide bonds. The summed E-state index contributed by atoms with van der Waals surface area (Å²) in [6.45, 7) is 6.51. The van der Waals surface area contributed by atoms with Crippen LogP contribution in [0.15, 0.2) is 18.2 Å². The predicted molar refractivity (Wildman–Crippen MR) is 82.1 cm³/mol. The van der Waals surface area contributed by atoms with E-state index in [1.807, 2.05) is 19.1 Å². The average Bonchev–Trinajstić information content (AvgIpc) is 2.41. The lowest BCUT2D eigenvalue weighted by molar-refractivity contribution is -0.385. The number of hydrogen-bond acceptors (Lipinski definition) is 3. The molecule has 0 aliphatic heterocycles. The molecule has 110 valence electrons. The number of nitro groups is 1. The second kappa shape index (κ2) is 6.25. The van der Waals surface area contributed by atoms with E-state index in [-0.39, 0.29) is 10.6 Å². The van der Waals surface area contributed by atoms with Crippen molar-refractivity contribution in [3.05, 3.63) is 33.9 Å². The smallest absolute Gasteiger partial charge is 0.274 e. The number of hydrogen-bond donors (Lipinski definition) is 1. The lowest BCUT2D eigenvalue weighted by Gasteiger charge is -2.33. The van der Waals surface area contributed by atoms with E-state index >= 15 is 0 Å². The molecule has 3 unspecified atom stereocenters. The van der Waals surface area contributed by atoms with Crippen molar-refractivity contribution >= 4 is 11.4 Å². The molecule has 4 nitrogen and oxygen atoms in total. The van der Waals surface area contributed by atoms with Gasteiger partial charge in [-0.1, -0.05) is 26.8 Å². The Hall–Kier alpha value is -1.58. The molecular weight excluding hydrogens is 252 g/mol. The summed E-state index contributed by atoms with van der Waals surface area (Å²) in [6, 6.07) is 5.95. The molecule has 1 fully saturated rings. The zero-order valence-corrected chi connectivity index (χ0v) is 12.6. The van der Waals surface area contributed by atoms with E-state index in [1.54, 1.807) is 6.07 Å². The molecule has 0 saturated heterocycles. The van der Waals surface area contributed by atoms with Crippen molar-refractivity contribution in [3.8, 4) is 0 Å². The Balaban J connectivity index is 2.13. The van der Waals surface area contributed by atoms with Crippen LogP contribution in [-0.4, -0.2) is 11.0 Å². The van der Waals surface area contributed by atoms with E-state index < -0.39 is 0 Å². The summed E-state index contributed by atoms with van der Waals surface area (Å²) in [5.41, 5.74) is 1.90. The minimum absolute atomic E-state index is 0.231. The number of anilines is 1. The summed E-state index contributed by atoms with van der Waals surface area (Å²) in [5, 5.41) is 14.6. The standard InChI is InChI=1S/C16H24N2O2/c1-4-13-6-7-14(10-16(13)18(19)20)17-15-8-5-11(2)9-12(15)3/h6-7,10-12,15,17H,4-5,8-9H2,1-3H3. The Morgan fingerprint density at radius 3 is 2.70 bits per heavy atom. The maximum atomic E-state index is 11.1. The third-order valence-corrected chi connectivity index (χ3v) is 4.45. The zero-order valence-electron chi connectivity index (χ0n) is 12.6. The molecule has 1 N–H and O–H groups in total. The highest BCUT2D eigenvalue weighted by Crippen LogP contribution is 2.32. The third kappa shape index (κ3) is 3.30. The van der Waals surface area contributed by atoms with Gasteiger partial charge in [0.2, 0.25) is 0 Å². The van der Waals surface area contributed by atoms with E-state index in [0.29, 0.717) is 18.4 Å². The van der Waals surface area contributed by atoms with Crippen LogP contribution in [0.5, 0.6) is 0 Å². The maximum absolute atomic E-state index is 11.1. The molecule has 1 saturated carbocycles. The summed E-state index contributed by atoms with van der Waals surface area (Å²) in [7, 11) is 0. The average molecular weight is 276 g/mol. The second-order valence-corrected chi connectivity index (χ2v) is 6.10. The van der Waals surface area contributed by atoms with Gasteiger partial charge in [-0.25, -0.2) is 0 Å². The lowest BCUT2D eigenvalue weighted by atomic mass is 9.80. The van der Waals surface area contributed by atoms with Crippen molar-refractivity contribution in [2.45, 2.75) is 52.5 Å². The summed E-state index contributed by atoms with van der Waals surface area (Å²) < 4.78 is 0. The Bertz CT molecular complexity index is 487. The fraction of sp³-hybridized carbons (Fsp3) is 0.625. The molecule has 0 spiro atoms. The number of aryl methyl sites for hydroxylation is 1. The quantitative estimate of drug-likeness (QED) is 0.655. The first-order chi connectivity index (χ1) is 9.51. The van der Waals surface area contributed by atoms with Crippen molar-refractivity contribution in [2.75, 3.05) is 5.32 Å². The van der Waals surface area contributed by atoms with Gasteiger partial charge in [0.25, 0.3) is 5.69 Å². The highest BCUT2D eigenvalue weighted by atomic mass is 16.6. The Morgan fingerprint density at radius 1 is 1.35 bits per heavy atom. The molecule has 0 heterocycles. The molecule has 2 rings (SSSR count). The Kier molecular flexibility index (Phi) is 4.63. The van der Waals surface area contributed by atoms with Crippen molar-refractivity contribution in [3.63, 3.8) is 0 Å². The van der Waals surface area contributed by atoms with Crippen LogP contribution in [0.25, 0.3) is 0 Å². The summed E-state index contributed by atoms with van der Waals surface area (Å²) in [4.78, 5) is 10.8. The van der Waals surface area contributed by atoms with Crippen LogP contribution in [0.4, 0.5) is 11.4 Å². The van der Waals surface area contributed by atoms with Crippen LogP contribution in [0.3, 0.4) is 0 Å². The van der Waals surface area contributed by atoms with Gasteiger partial charge in [-0.05, 0) is 43.6 Å². The fourth-order valence-electron chi connectivity index (χ4n) is 3.22. The van der Waals surface area contributed by atoms with Gasteiger partial charge in [0, 0.05) is 23.4 Å². The van der Waals surface area contributed by atoms with Gasteiger partial charge >= 0.3 is 0 Å². The number of nitrogens with one attached hydrogen (secondary N) is 1. The first kappa shape index (κ1) is 14.8. The lowest BCUT2D eigenvalue weighted by Crippen LogP contribution is -2.33. The molecule has 1 aliphatic rings. The number of nitro benzene ring substituents is 1. The topological polar surface area (TPSA) is 55.2 Å². The van der Waals surface area contributed by atoms with E-state index in [4.69, 9.17) is 0 Å². The van der Waals surface area contributed by atoms with Crippen molar-refractivity contribution in [2.24, 2.45) is 11.8 Å². The van der Waals surface area contributed by atoms with Crippen molar-refractivity contribution in [1.82, 2.24) is 0 Å². The largest absolute Gasteiger partial charge is 0.382 e. The van der Waals surface area contributed by atoms with Gasteiger partial charge < -0.3 is 5.32 Å². The molecule has 3 atom stereocenters. The molecule has 0 aromatic heterocycles. The molecular formula is C16H24N2O2. The molecule has 4 heteroatoms. The van der Waals surface area contributed by atoms with Crippen LogP contribution >= 0.6 is 0 Å². The molecule has 20 heavy (non-hydrogen) atoms. The number of benzene rings is 1. The first-order valence-electron chi connectivity index (χ1n) is 7.55. The van der Waals surface area contributed by atoms with Gasteiger partial charge in [0.05, 0.1) is 4.92 Å². The van der Waals surface area contributed by atoms with E-state index in [0.717, 1.165) is 23.6 Å². The minimum Gasteiger partial charge on any atom is -0.382 e. The second-order valence-electron chi connectivity index (χ2n) is 6.10. The predicted octanol–water partition coefficient (Wildman–Crippen LogP) is 4.39. The monoisotopic (exact) mass is 276 g/mol. The van der Waals surface area contributed by atoms with Crippen LogP contribution < -0.4 is 5.32 Å². The van der Waals surface area contributed by atoms with E-state index in [9.17, 15) is 10.1 Å². The number of nitrogens with zero attached hydrogens (tertiary/aromatic N) is 1. The highest BCUT2D eigenvalue weighted by Gasteiger charge is 2.25. The van der Waals surface area contributed by atoms with Gasteiger partial charge in [0.15, 0.2) is 0 Å². The minimum atomic E-state index is -0.281. The first-order valence-corrected chi connectivity index (χ1v) is 7.55. The van der Waals surface area contributed by atoms with Crippen LogP contribution in [0.1, 0.15) is 45.6 Å². The summed E-state index contributed by atoms with van der Waals surface area (Å²) in [6.07, 6.45) is 4.30. The molecule has 1 aliphatic carbocycles. The Labute approximate surface area is 120 Å². The van der Waals surface area contributed by atoms with Crippen molar-refractivity contribution < 1.29 is 4.92 Å². The summed E-state index contributed by atoms with van der Waals surface area (Å²) in [5.74, 6) is 1.41. The third-order valence-electron chi connectivity index (χ3n) is 4.45.